The minimum Gasteiger partial charge on any atom is -0.387 e. The van der Waals surface area contributed by atoms with E-state index in [9.17, 15) is 13.2 Å². The average molecular weight is 208 g/mol. The molecule has 82 valence electrons. The van der Waals surface area contributed by atoms with Gasteiger partial charge in [0.2, 0.25) is 0 Å². The lowest BCUT2D eigenvalue weighted by atomic mass is 9.94. The average Bonchev–Trinajstić information content (AvgIpc) is 2.25. The fourth-order valence-electron chi connectivity index (χ4n) is 1.68. The van der Waals surface area contributed by atoms with Gasteiger partial charge in [-0.15, -0.1) is 0 Å². The lowest BCUT2D eigenvalue weighted by Crippen LogP contribution is -2.17. The van der Waals surface area contributed by atoms with E-state index in [4.69, 9.17) is 5.73 Å². The number of alkyl halides is 3. The fourth-order valence-corrected chi connectivity index (χ4v) is 1.68. The van der Waals surface area contributed by atoms with Crippen LogP contribution >= 0.6 is 0 Å². The second kappa shape index (κ2) is 4.66. The highest BCUT2D eigenvalue weighted by molar-refractivity contribution is 5.80. The van der Waals surface area contributed by atoms with Crippen molar-refractivity contribution in [1.82, 2.24) is 0 Å². The summed E-state index contributed by atoms with van der Waals surface area (Å²) in [5, 5.41) is 0. The van der Waals surface area contributed by atoms with Crippen molar-refractivity contribution in [3.05, 3.63) is 0 Å². The number of nitrogens with zero attached hydrogens (tertiary/aromatic N) is 1. The molecule has 2 nitrogen and oxygen atoms in total. The molecular formula is C9H15F3N2. The Morgan fingerprint density at radius 3 is 2.79 bits per heavy atom. The number of hydrogen-bond acceptors (Lipinski definition) is 2. The van der Waals surface area contributed by atoms with Gasteiger partial charge in [-0.3, -0.25) is 4.99 Å². The van der Waals surface area contributed by atoms with Crippen molar-refractivity contribution in [3.8, 4) is 0 Å². The Hall–Kier alpha value is -0.740. The molecule has 0 aromatic rings. The Labute approximate surface area is 81.4 Å². The third-order valence-corrected chi connectivity index (χ3v) is 2.42. The van der Waals surface area contributed by atoms with Crippen molar-refractivity contribution in [2.75, 3.05) is 6.54 Å². The summed E-state index contributed by atoms with van der Waals surface area (Å²) in [6, 6.07) is 0. The molecule has 1 aliphatic rings. The Kier molecular flexibility index (Phi) is 3.77. The number of aliphatic imine (C=N–C) groups is 1. The zero-order valence-corrected chi connectivity index (χ0v) is 7.98. The van der Waals surface area contributed by atoms with Gasteiger partial charge in [-0.2, -0.15) is 13.2 Å². The molecule has 1 unspecified atom stereocenters. The van der Waals surface area contributed by atoms with Crippen LogP contribution in [0.2, 0.25) is 0 Å². The zero-order chi connectivity index (χ0) is 10.6. The summed E-state index contributed by atoms with van der Waals surface area (Å²) in [6.07, 6.45) is -2.39. The summed E-state index contributed by atoms with van der Waals surface area (Å²) < 4.78 is 35.8. The Morgan fingerprint density at radius 2 is 2.14 bits per heavy atom. The monoisotopic (exact) mass is 208 g/mol. The van der Waals surface area contributed by atoms with Crippen molar-refractivity contribution >= 4 is 5.84 Å². The van der Waals surface area contributed by atoms with Crippen LogP contribution in [0.5, 0.6) is 0 Å². The van der Waals surface area contributed by atoms with E-state index in [-0.39, 0.29) is 12.3 Å². The van der Waals surface area contributed by atoms with E-state index in [1.807, 2.05) is 0 Å². The van der Waals surface area contributed by atoms with Crippen LogP contribution in [0, 0.1) is 5.92 Å². The maximum atomic E-state index is 11.9. The van der Waals surface area contributed by atoms with Gasteiger partial charge in [0.25, 0.3) is 0 Å². The van der Waals surface area contributed by atoms with E-state index in [0.717, 1.165) is 12.8 Å². The van der Waals surface area contributed by atoms with Gasteiger partial charge in [-0.1, -0.05) is 0 Å². The number of amidine groups is 1. The molecule has 1 heterocycles. The van der Waals surface area contributed by atoms with Crippen LogP contribution in [-0.4, -0.2) is 18.6 Å². The van der Waals surface area contributed by atoms with Gasteiger partial charge in [0.1, 0.15) is 0 Å². The normalized spacial score (nSPS) is 24.2. The van der Waals surface area contributed by atoms with Gasteiger partial charge in [0.15, 0.2) is 0 Å². The molecule has 0 spiro atoms. The molecule has 5 heteroatoms. The molecule has 0 saturated carbocycles. The van der Waals surface area contributed by atoms with Crippen LogP contribution in [0.4, 0.5) is 13.2 Å². The molecule has 0 saturated heterocycles. The summed E-state index contributed by atoms with van der Waals surface area (Å²) in [5.74, 6) is 0.567. The molecule has 0 fully saturated rings. The van der Waals surface area contributed by atoms with Crippen LogP contribution in [-0.2, 0) is 0 Å². The first kappa shape index (κ1) is 11.3. The van der Waals surface area contributed by atoms with Gasteiger partial charge in [0.05, 0.1) is 5.84 Å². The third-order valence-electron chi connectivity index (χ3n) is 2.42. The molecule has 0 amide bonds. The van der Waals surface area contributed by atoms with Crippen molar-refractivity contribution in [2.24, 2.45) is 16.6 Å². The predicted octanol–water partition coefficient (Wildman–Crippen LogP) is 2.49. The van der Waals surface area contributed by atoms with Crippen LogP contribution in [0.1, 0.15) is 32.1 Å². The van der Waals surface area contributed by atoms with E-state index >= 15 is 0 Å². The molecule has 2 N–H and O–H groups in total. The maximum Gasteiger partial charge on any atom is 0.389 e. The first-order chi connectivity index (χ1) is 6.47. The minimum atomic E-state index is -4.04. The summed E-state index contributed by atoms with van der Waals surface area (Å²) in [7, 11) is 0. The number of rotatable bonds is 2. The molecule has 0 bridgehead atoms. The number of halogens is 3. The van der Waals surface area contributed by atoms with Gasteiger partial charge in [-0.25, -0.2) is 0 Å². The molecule has 0 aliphatic carbocycles. The van der Waals surface area contributed by atoms with Crippen LogP contribution in [0.3, 0.4) is 0 Å². The molecule has 0 aromatic heterocycles. The molecular weight excluding hydrogens is 193 g/mol. The summed E-state index contributed by atoms with van der Waals surface area (Å²) in [6.45, 7) is 0.661. The van der Waals surface area contributed by atoms with Crippen molar-refractivity contribution < 1.29 is 13.2 Å². The minimum absolute atomic E-state index is 0.0582. The van der Waals surface area contributed by atoms with Gasteiger partial charge in [0, 0.05) is 19.4 Å². The summed E-state index contributed by atoms with van der Waals surface area (Å²) >= 11 is 0. The van der Waals surface area contributed by atoms with Crippen molar-refractivity contribution in [2.45, 2.75) is 38.3 Å². The maximum absolute atomic E-state index is 11.9. The highest BCUT2D eigenvalue weighted by Crippen LogP contribution is 2.28. The van der Waals surface area contributed by atoms with Gasteiger partial charge < -0.3 is 5.73 Å². The van der Waals surface area contributed by atoms with Gasteiger partial charge >= 0.3 is 6.18 Å². The Bertz CT molecular complexity index is 211. The van der Waals surface area contributed by atoms with Crippen molar-refractivity contribution in [3.63, 3.8) is 0 Å². The second-order valence-electron chi connectivity index (χ2n) is 3.74. The fraction of sp³-hybridized carbons (Fsp3) is 0.889. The van der Waals surface area contributed by atoms with E-state index in [1.54, 1.807) is 0 Å². The highest BCUT2D eigenvalue weighted by atomic mass is 19.4. The van der Waals surface area contributed by atoms with Crippen molar-refractivity contribution in [1.29, 1.82) is 0 Å². The van der Waals surface area contributed by atoms with Crippen LogP contribution in [0.25, 0.3) is 0 Å². The zero-order valence-electron chi connectivity index (χ0n) is 7.98. The second-order valence-corrected chi connectivity index (χ2v) is 3.74. The Morgan fingerprint density at radius 1 is 1.43 bits per heavy atom. The quantitative estimate of drug-likeness (QED) is 0.743. The topological polar surface area (TPSA) is 38.4 Å². The standard InChI is InChI=1S/C9H15F3N2/c10-9(11,12)4-3-7-2-1-5-14-8(13)6-7/h7H,1-6H2,(H2,13,14). The lowest BCUT2D eigenvalue weighted by molar-refractivity contribution is -0.137. The molecule has 1 rings (SSSR count). The number of nitrogens with two attached hydrogens (primary N) is 1. The molecule has 14 heavy (non-hydrogen) atoms. The molecule has 0 radical (unpaired) electrons. The first-order valence-electron chi connectivity index (χ1n) is 4.83. The number of hydrogen-bond donors (Lipinski definition) is 1. The van der Waals surface area contributed by atoms with E-state index in [2.05, 4.69) is 4.99 Å². The Balaban J connectivity index is 2.34. The SMILES string of the molecule is NC1=NCCCC(CCC(F)(F)F)C1. The first-order valence-corrected chi connectivity index (χ1v) is 4.83. The molecule has 1 atom stereocenters. The molecule has 1 aliphatic heterocycles. The largest absolute Gasteiger partial charge is 0.389 e. The van der Waals surface area contributed by atoms with E-state index in [0.29, 0.717) is 18.8 Å². The van der Waals surface area contributed by atoms with Gasteiger partial charge in [-0.05, 0) is 25.2 Å². The van der Waals surface area contributed by atoms with Crippen LogP contribution in [0.15, 0.2) is 4.99 Å². The third kappa shape index (κ3) is 4.48. The van der Waals surface area contributed by atoms with Crippen LogP contribution < -0.4 is 5.73 Å². The summed E-state index contributed by atoms with van der Waals surface area (Å²) in [4.78, 5) is 4.03. The predicted molar refractivity (Wildman–Crippen MR) is 49.1 cm³/mol. The van der Waals surface area contributed by atoms with E-state index < -0.39 is 12.6 Å². The van der Waals surface area contributed by atoms with E-state index in [1.165, 1.54) is 0 Å². The summed E-state index contributed by atoms with van der Waals surface area (Å²) in [5.41, 5.74) is 5.53. The highest BCUT2D eigenvalue weighted by Gasteiger charge is 2.28. The smallest absolute Gasteiger partial charge is 0.387 e. The molecule has 0 aromatic carbocycles. The lowest BCUT2D eigenvalue weighted by Gasteiger charge is -2.14.